The van der Waals surface area contributed by atoms with Crippen LogP contribution in [0.15, 0.2) is 70.6 Å². The molecule has 4 aromatic rings. The van der Waals surface area contributed by atoms with Gasteiger partial charge in [0.15, 0.2) is 0 Å². The number of nitrogens with one attached hydrogen (secondary N) is 1. The van der Waals surface area contributed by atoms with Crippen LogP contribution in [0.25, 0.3) is 0 Å². The number of aromatic nitrogens is 5. The molecule has 3 aromatic heterocycles. The van der Waals surface area contributed by atoms with Crippen molar-refractivity contribution in [2.45, 2.75) is 33.5 Å². The van der Waals surface area contributed by atoms with E-state index < -0.39 is 11.4 Å². The molecule has 1 aromatic carbocycles. The molecule has 0 bridgehead atoms. The third-order valence-electron chi connectivity index (χ3n) is 5.53. The molecule has 0 spiro atoms. The van der Waals surface area contributed by atoms with Gasteiger partial charge in [-0.05, 0) is 66.4 Å². The fourth-order valence-corrected chi connectivity index (χ4v) is 3.61. The summed E-state index contributed by atoms with van der Waals surface area (Å²) in [5.41, 5.74) is 3.54. The van der Waals surface area contributed by atoms with Crippen molar-refractivity contribution >= 4 is 5.95 Å². The lowest BCUT2D eigenvalue weighted by atomic mass is 10.1. The molecule has 34 heavy (non-hydrogen) atoms. The second-order valence-electron chi connectivity index (χ2n) is 7.98. The van der Waals surface area contributed by atoms with Crippen molar-refractivity contribution < 1.29 is 4.74 Å². The Morgan fingerprint density at radius 2 is 1.62 bits per heavy atom. The van der Waals surface area contributed by atoms with Crippen molar-refractivity contribution in [3.05, 3.63) is 110 Å². The van der Waals surface area contributed by atoms with E-state index in [4.69, 9.17) is 4.74 Å². The van der Waals surface area contributed by atoms with E-state index >= 15 is 0 Å². The summed E-state index contributed by atoms with van der Waals surface area (Å²) in [6.45, 7) is 4.65. The molecule has 0 aliphatic rings. The first-order valence-corrected chi connectivity index (χ1v) is 10.8. The maximum absolute atomic E-state index is 13.5. The fraction of sp³-hybridized carbons (Fsp3) is 0.240. The number of nitrogens with zero attached hydrogens (tertiary/aromatic N) is 5. The SMILES string of the molecule is COc1ccc(Cn2c(=O)nc(NCc3cnc(C)cc3C)n(Cc3ccncc3)c2=O)cc1. The first kappa shape index (κ1) is 22.9. The summed E-state index contributed by atoms with van der Waals surface area (Å²) in [6, 6.07) is 12.8. The smallest absolute Gasteiger partial charge is 0.355 e. The van der Waals surface area contributed by atoms with Gasteiger partial charge in [-0.1, -0.05) is 12.1 Å². The predicted octanol–water partition coefficient (Wildman–Crippen LogP) is 2.53. The Hall–Kier alpha value is -4.27. The van der Waals surface area contributed by atoms with Crippen molar-refractivity contribution in [1.82, 2.24) is 24.1 Å². The third-order valence-corrected chi connectivity index (χ3v) is 5.53. The van der Waals surface area contributed by atoms with E-state index in [0.717, 1.165) is 32.5 Å². The normalized spacial score (nSPS) is 10.8. The Labute approximate surface area is 196 Å². The zero-order valence-corrected chi connectivity index (χ0v) is 19.4. The van der Waals surface area contributed by atoms with E-state index in [0.29, 0.717) is 12.3 Å². The summed E-state index contributed by atoms with van der Waals surface area (Å²) in [7, 11) is 1.58. The van der Waals surface area contributed by atoms with Gasteiger partial charge in [0.25, 0.3) is 0 Å². The van der Waals surface area contributed by atoms with Crippen LogP contribution in [-0.2, 0) is 19.6 Å². The van der Waals surface area contributed by atoms with E-state index in [9.17, 15) is 9.59 Å². The van der Waals surface area contributed by atoms with E-state index in [2.05, 4.69) is 20.3 Å². The quantitative estimate of drug-likeness (QED) is 0.433. The Bertz CT molecular complexity index is 1400. The number of aryl methyl sites for hydroxylation is 2. The molecule has 0 fully saturated rings. The molecular weight excluding hydrogens is 432 g/mol. The molecule has 0 aliphatic heterocycles. The monoisotopic (exact) mass is 458 g/mol. The summed E-state index contributed by atoms with van der Waals surface area (Å²) in [5.74, 6) is 0.905. The first-order valence-electron chi connectivity index (χ1n) is 10.8. The molecule has 4 rings (SSSR count). The zero-order chi connectivity index (χ0) is 24.1. The zero-order valence-electron chi connectivity index (χ0n) is 19.4. The van der Waals surface area contributed by atoms with Crippen LogP contribution in [0, 0.1) is 13.8 Å². The Kier molecular flexibility index (Phi) is 6.82. The molecule has 0 unspecified atom stereocenters. The van der Waals surface area contributed by atoms with E-state index in [1.54, 1.807) is 37.8 Å². The van der Waals surface area contributed by atoms with Crippen LogP contribution in [0.1, 0.15) is 27.9 Å². The van der Waals surface area contributed by atoms with Crippen LogP contribution in [0.4, 0.5) is 5.95 Å². The van der Waals surface area contributed by atoms with Crippen molar-refractivity contribution in [2.75, 3.05) is 12.4 Å². The maximum atomic E-state index is 13.5. The highest BCUT2D eigenvalue weighted by Crippen LogP contribution is 2.13. The number of ether oxygens (including phenoxy) is 1. The standard InChI is InChI=1S/C25H26N6O3/c1-17-12-18(2)27-13-21(17)14-28-23-29-24(32)31(16-19-4-6-22(34-3)7-5-19)25(33)30(23)15-20-8-10-26-11-9-20/h4-13H,14-16H2,1-3H3,(H,28,29,32). The second kappa shape index (κ2) is 10.1. The van der Waals surface area contributed by atoms with Crippen LogP contribution in [0.2, 0.25) is 0 Å². The minimum Gasteiger partial charge on any atom is -0.497 e. The highest BCUT2D eigenvalue weighted by atomic mass is 16.5. The summed E-state index contributed by atoms with van der Waals surface area (Å²) in [5, 5.41) is 3.16. The van der Waals surface area contributed by atoms with E-state index in [1.165, 1.54) is 4.57 Å². The van der Waals surface area contributed by atoms with Gasteiger partial charge >= 0.3 is 11.4 Å². The van der Waals surface area contributed by atoms with Gasteiger partial charge in [-0.25, -0.2) is 14.2 Å². The Morgan fingerprint density at radius 3 is 2.29 bits per heavy atom. The second-order valence-corrected chi connectivity index (χ2v) is 7.98. The van der Waals surface area contributed by atoms with Crippen LogP contribution in [0.3, 0.4) is 0 Å². The van der Waals surface area contributed by atoms with Crippen LogP contribution < -0.4 is 21.4 Å². The fourth-order valence-electron chi connectivity index (χ4n) is 3.61. The average molecular weight is 459 g/mol. The van der Waals surface area contributed by atoms with Crippen LogP contribution >= 0.6 is 0 Å². The highest BCUT2D eigenvalue weighted by Gasteiger charge is 2.15. The van der Waals surface area contributed by atoms with Gasteiger partial charge in [-0.2, -0.15) is 4.98 Å². The van der Waals surface area contributed by atoms with Crippen molar-refractivity contribution in [2.24, 2.45) is 0 Å². The summed E-state index contributed by atoms with van der Waals surface area (Å²) in [4.78, 5) is 38.9. The minimum absolute atomic E-state index is 0.103. The van der Waals surface area contributed by atoms with Gasteiger partial charge in [0.2, 0.25) is 5.95 Å². The molecule has 0 amide bonds. The van der Waals surface area contributed by atoms with Crippen LogP contribution in [0.5, 0.6) is 5.75 Å². The summed E-state index contributed by atoms with van der Waals surface area (Å²) in [6.07, 6.45) is 5.11. The molecule has 0 saturated heterocycles. The molecule has 0 atom stereocenters. The number of benzene rings is 1. The third kappa shape index (κ3) is 5.20. The van der Waals surface area contributed by atoms with Gasteiger partial charge in [-0.3, -0.25) is 14.5 Å². The van der Waals surface area contributed by atoms with Crippen molar-refractivity contribution in [3.8, 4) is 5.75 Å². The number of pyridine rings is 2. The molecule has 174 valence electrons. The van der Waals surface area contributed by atoms with E-state index in [1.807, 2.05) is 44.2 Å². The van der Waals surface area contributed by atoms with E-state index in [-0.39, 0.29) is 19.0 Å². The molecule has 0 radical (unpaired) electrons. The van der Waals surface area contributed by atoms with Crippen LogP contribution in [-0.4, -0.2) is 31.2 Å². The minimum atomic E-state index is -0.618. The lowest BCUT2D eigenvalue weighted by Gasteiger charge is -2.16. The van der Waals surface area contributed by atoms with Gasteiger partial charge < -0.3 is 10.1 Å². The number of anilines is 1. The molecule has 9 heteroatoms. The molecule has 3 heterocycles. The summed E-state index contributed by atoms with van der Waals surface area (Å²) >= 11 is 0. The Balaban J connectivity index is 1.70. The number of hydrogen-bond acceptors (Lipinski definition) is 7. The van der Waals surface area contributed by atoms with Gasteiger partial charge in [-0.15, -0.1) is 0 Å². The van der Waals surface area contributed by atoms with Crippen molar-refractivity contribution in [1.29, 1.82) is 0 Å². The Morgan fingerprint density at radius 1 is 0.941 bits per heavy atom. The first-order chi connectivity index (χ1) is 16.4. The number of rotatable bonds is 8. The number of hydrogen-bond donors (Lipinski definition) is 1. The molecule has 9 nitrogen and oxygen atoms in total. The van der Waals surface area contributed by atoms with Gasteiger partial charge in [0.1, 0.15) is 5.75 Å². The van der Waals surface area contributed by atoms with Gasteiger partial charge in [0.05, 0.1) is 20.2 Å². The summed E-state index contributed by atoms with van der Waals surface area (Å²) < 4.78 is 7.78. The van der Waals surface area contributed by atoms with Gasteiger partial charge in [0, 0.05) is 30.8 Å². The molecule has 0 saturated carbocycles. The predicted molar refractivity (Wildman–Crippen MR) is 129 cm³/mol. The van der Waals surface area contributed by atoms with Crippen molar-refractivity contribution in [3.63, 3.8) is 0 Å². The lowest BCUT2D eigenvalue weighted by molar-refractivity contribution is 0.414. The molecule has 0 aliphatic carbocycles. The topological polar surface area (TPSA) is 104 Å². The maximum Gasteiger partial charge on any atom is 0.355 e. The average Bonchev–Trinajstić information content (AvgIpc) is 2.84. The lowest BCUT2D eigenvalue weighted by Crippen LogP contribution is -2.43. The number of methoxy groups -OCH3 is 1. The largest absolute Gasteiger partial charge is 0.497 e. The highest BCUT2D eigenvalue weighted by molar-refractivity contribution is 5.32. The molecule has 1 N–H and O–H groups in total. The molecular formula is C25H26N6O3.